The molecule has 0 aromatic carbocycles. The third kappa shape index (κ3) is 3.31. The number of fused-ring (bicyclic) bond motifs is 3. The Bertz CT molecular complexity index is 567. The molecule has 5 aliphatic rings. The van der Waals surface area contributed by atoms with Gasteiger partial charge in [-0.3, -0.25) is 4.79 Å². The van der Waals surface area contributed by atoms with Gasteiger partial charge in [-0.25, -0.2) is 0 Å². The third-order valence-electron chi connectivity index (χ3n) is 6.66. The fraction of sp³-hybridized carbons (Fsp3) is 0.950. The van der Waals surface area contributed by atoms with Crippen molar-refractivity contribution in [2.24, 2.45) is 0 Å². The van der Waals surface area contributed by atoms with Gasteiger partial charge in [0.05, 0.1) is 0 Å². The summed E-state index contributed by atoms with van der Waals surface area (Å²) in [4.78, 5) is 11.3. The number of ether oxygens (including phenoxy) is 6. The standard InChI is InChI=1S/C20H30O7/c1-13(21)22-12-14-15-16(25-19(24-15)8-4-2-5-9-19)17-18(23-14)27-20(26-17)10-6-3-7-11-20/h14-18H,2-12H2,1H3/t14-,15+,16+,17+,18+/m0/s1. The maximum absolute atomic E-state index is 11.3. The van der Waals surface area contributed by atoms with Gasteiger partial charge in [0.25, 0.3) is 0 Å². The minimum absolute atomic E-state index is 0.148. The molecule has 2 saturated carbocycles. The van der Waals surface area contributed by atoms with Gasteiger partial charge >= 0.3 is 5.97 Å². The lowest BCUT2D eigenvalue weighted by molar-refractivity contribution is -0.255. The van der Waals surface area contributed by atoms with Crippen molar-refractivity contribution in [1.29, 1.82) is 0 Å². The van der Waals surface area contributed by atoms with Crippen molar-refractivity contribution in [3.05, 3.63) is 0 Å². The van der Waals surface area contributed by atoms with Crippen LogP contribution in [0.15, 0.2) is 0 Å². The van der Waals surface area contributed by atoms with Crippen molar-refractivity contribution in [1.82, 2.24) is 0 Å². The van der Waals surface area contributed by atoms with Crippen LogP contribution in [0.5, 0.6) is 0 Å². The molecule has 0 unspecified atom stereocenters. The van der Waals surface area contributed by atoms with Gasteiger partial charge in [-0.05, 0) is 25.7 Å². The number of esters is 1. The molecule has 3 aliphatic heterocycles. The van der Waals surface area contributed by atoms with Crippen LogP contribution >= 0.6 is 0 Å². The molecule has 0 aromatic rings. The third-order valence-corrected chi connectivity index (χ3v) is 6.66. The SMILES string of the molecule is CC(=O)OC[C@@H]1O[C@@H]2OC3(CCCCC3)O[C@@H]2[C@@H]2OC3(CCCCC3)O[C@@H]21. The van der Waals surface area contributed by atoms with E-state index in [-0.39, 0.29) is 30.9 Å². The Balaban J connectivity index is 1.38. The molecule has 2 aliphatic carbocycles. The lowest BCUT2D eigenvalue weighted by Crippen LogP contribution is -2.56. The molecule has 2 spiro atoms. The van der Waals surface area contributed by atoms with Gasteiger partial charge < -0.3 is 28.4 Å². The topological polar surface area (TPSA) is 72.5 Å². The zero-order valence-electron chi connectivity index (χ0n) is 16.0. The zero-order chi connectivity index (χ0) is 18.5. The second-order valence-electron chi connectivity index (χ2n) is 8.65. The average molecular weight is 382 g/mol. The fourth-order valence-corrected chi connectivity index (χ4v) is 5.37. The highest BCUT2D eigenvalue weighted by Crippen LogP contribution is 2.50. The van der Waals surface area contributed by atoms with Crippen molar-refractivity contribution < 1.29 is 33.2 Å². The number of hydrogen-bond acceptors (Lipinski definition) is 7. The summed E-state index contributed by atoms with van der Waals surface area (Å²) in [5.41, 5.74) is 0. The molecule has 5 rings (SSSR count). The van der Waals surface area contributed by atoms with E-state index in [0.29, 0.717) is 0 Å². The van der Waals surface area contributed by atoms with Gasteiger partial charge in [0.2, 0.25) is 0 Å². The summed E-state index contributed by atoms with van der Waals surface area (Å²) in [5, 5.41) is 0. The van der Waals surface area contributed by atoms with E-state index in [2.05, 4.69) is 0 Å². The molecule has 7 heteroatoms. The Kier molecular flexibility index (Phi) is 4.71. The molecule has 3 saturated heterocycles. The van der Waals surface area contributed by atoms with Crippen molar-refractivity contribution in [3.63, 3.8) is 0 Å². The largest absolute Gasteiger partial charge is 0.463 e. The molecule has 0 aromatic heterocycles. The van der Waals surface area contributed by atoms with Crippen LogP contribution in [0.3, 0.4) is 0 Å². The minimum atomic E-state index is -0.555. The van der Waals surface area contributed by atoms with Gasteiger partial charge in [0.1, 0.15) is 31.0 Å². The molecule has 0 N–H and O–H groups in total. The first-order chi connectivity index (χ1) is 13.1. The van der Waals surface area contributed by atoms with Crippen LogP contribution < -0.4 is 0 Å². The molecule has 0 radical (unpaired) electrons. The van der Waals surface area contributed by atoms with Crippen LogP contribution in [0.4, 0.5) is 0 Å². The smallest absolute Gasteiger partial charge is 0.302 e. The monoisotopic (exact) mass is 382 g/mol. The predicted molar refractivity (Wildman–Crippen MR) is 92.6 cm³/mol. The summed E-state index contributed by atoms with van der Waals surface area (Å²) in [6.07, 6.45) is 8.68. The van der Waals surface area contributed by atoms with E-state index in [4.69, 9.17) is 28.4 Å². The Labute approximate surface area is 159 Å². The van der Waals surface area contributed by atoms with Crippen LogP contribution in [0.1, 0.15) is 71.1 Å². The first kappa shape index (κ1) is 18.3. The highest BCUT2D eigenvalue weighted by Gasteiger charge is 2.64. The zero-order valence-corrected chi connectivity index (χ0v) is 16.0. The molecule has 5 fully saturated rings. The van der Waals surface area contributed by atoms with Gasteiger partial charge in [0, 0.05) is 32.6 Å². The van der Waals surface area contributed by atoms with Crippen LogP contribution in [0.25, 0.3) is 0 Å². The van der Waals surface area contributed by atoms with E-state index in [1.807, 2.05) is 0 Å². The Morgan fingerprint density at radius 1 is 0.815 bits per heavy atom. The van der Waals surface area contributed by atoms with Crippen molar-refractivity contribution in [2.75, 3.05) is 6.61 Å². The molecular weight excluding hydrogens is 352 g/mol. The fourth-order valence-electron chi connectivity index (χ4n) is 5.37. The summed E-state index contributed by atoms with van der Waals surface area (Å²) in [6, 6.07) is 0. The van der Waals surface area contributed by atoms with Crippen LogP contribution in [-0.2, 0) is 33.2 Å². The Morgan fingerprint density at radius 2 is 1.37 bits per heavy atom. The van der Waals surface area contributed by atoms with Crippen molar-refractivity contribution in [3.8, 4) is 0 Å². The second kappa shape index (κ2) is 6.95. The molecule has 152 valence electrons. The molecule has 0 bridgehead atoms. The van der Waals surface area contributed by atoms with E-state index in [1.54, 1.807) is 0 Å². The summed E-state index contributed by atoms with van der Waals surface area (Å²) < 4.78 is 37.2. The van der Waals surface area contributed by atoms with Crippen LogP contribution in [0.2, 0.25) is 0 Å². The lowest BCUT2D eigenvalue weighted by Gasteiger charge is -2.36. The van der Waals surface area contributed by atoms with Gasteiger partial charge in [0.15, 0.2) is 17.9 Å². The van der Waals surface area contributed by atoms with Gasteiger partial charge in [-0.2, -0.15) is 0 Å². The molecule has 7 nitrogen and oxygen atoms in total. The first-order valence-electron chi connectivity index (χ1n) is 10.6. The van der Waals surface area contributed by atoms with Crippen LogP contribution in [-0.4, -0.2) is 54.9 Å². The maximum atomic E-state index is 11.3. The highest BCUT2D eigenvalue weighted by molar-refractivity contribution is 5.65. The molecule has 0 amide bonds. The number of hydrogen-bond donors (Lipinski definition) is 0. The molecule has 3 heterocycles. The number of rotatable bonds is 2. The quantitative estimate of drug-likeness (QED) is 0.680. The summed E-state index contributed by atoms with van der Waals surface area (Å²) in [7, 11) is 0. The first-order valence-corrected chi connectivity index (χ1v) is 10.6. The average Bonchev–Trinajstić information content (AvgIpc) is 3.19. The summed E-state index contributed by atoms with van der Waals surface area (Å²) in [5.74, 6) is -1.43. The van der Waals surface area contributed by atoms with Crippen molar-refractivity contribution in [2.45, 2.75) is 113 Å². The number of carbonyl (C=O) groups is 1. The normalized spacial score (nSPS) is 42.0. The van der Waals surface area contributed by atoms with E-state index in [9.17, 15) is 4.79 Å². The van der Waals surface area contributed by atoms with Gasteiger partial charge in [-0.1, -0.05) is 12.8 Å². The van der Waals surface area contributed by atoms with Gasteiger partial charge in [-0.15, -0.1) is 0 Å². The predicted octanol–water partition coefficient (Wildman–Crippen LogP) is 2.79. The summed E-state index contributed by atoms with van der Waals surface area (Å²) >= 11 is 0. The maximum Gasteiger partial charge on any atom is 0.302 e. The Hall–Kier alpha value is -0.730. The van der Waals surface area contributed by atoms with E-state index < -0.39 is 24.0 Å². The molecule has 27 heavy (non-hydrogen) atoms. The molecule has 5 atom stereocenters. The van der Waals surface area contributed by atoms with E-state index in [1.165, 1.54) is 19.8 Å². The Morgan fingerprint density at radius 3 is 2.00 bits per heavy atom. The summed E-state index contributed by atoms with van der Waals surface area (Å²) in [6.45, 7) is 1.56. The molecular formula is C20H30O7. The van der Waals surface area contributed by atoms with Crippen LogP contribution in [0, 0.1) is 0 Å². The van der Waals surface area contributed by atoms with E-state index in [0.717, 1.165) is 51.4 Å². The number of carbonyl (C=O) groups excluding carboxylic acids is 1. The van der Waals surface area contributed by atoms with E-state index >= 15 is 0 Å². The minimum Gasteiger partial charge on any atom is -0.463 e. The van der Waals surface area contributed by atoms with Crippen molar-refractivity contribution >= 4 is 5.97 Å². The second-order valence-corrected chi connectivity index (χ2v) is 8.65. The highest BCUT2D eigenvalue weighted by atomic mass is 16.9. The lowest BCUT2D eigenvalue weighted by atomic mass is 9.94.